The van der Waals surface area contributed by atoms with Crippen LogP contribution in [-0.2, 0) is 11.3 Å². The lowest BCUT2D eigenvalue weighted by Crippen LogP contribution is -2.29. The Balaban J connectivity index is 2.56. The van der Waals surface area contributed by atoms with Gasteiger partial charge in [0.05, 0.1) is 33.0 Å². The van der Waals surface area contributed by atoms with E-state index >= 15 is 0 Å². The molecule has 0 spiro atoms. The van der Waals surface area contributed by atoms with Gasteiger partial charge in [-0.05, 0) is 6.07 Å². The molecule has 8 heteroatoms. The van der Waals surface area contributed by atoms with Crippen molar-refractivity contribution in [2.75, 3.05) is 27.9 Å². The van der Waals surface area contributed by atoms with Crippen molar-refractivity contribution in [3.8, 4) is 17.2 Å². The van der Waals surface area contributed by atoms with Gasteiger partial charge in [0, 0.05) is 20.0 Å². The maximum Gasteiger partial charge on any atom is 0.261 e. The quantitative estimate of drug-likeness (QED) is 0.836. The Labute approximate surface area is 133 Å². The normalized spacial score (nSPS) is 10.4. The lowest BCUT2D eigenvalue weighted by atomic mass is 10.2. The molecule has 1 aromatic heterocycles. The summed E-state index contributed by atoms with van der Waals surface area (Å²) in [4.78, 5) is 27.8. The first-order valence-corrected chi connectivity index (χ1v) is 6.96. The summed E-state index contributed by atoms with van der Waals surface area (Å²) in [5.41, 5.74) is 0.144. The highest BCUT2D eigenvalue weighted by atomic mass is 16.5. The molecular weight excluding hydrogens is 302 g/mol. The maximum absolute atomic E-state index is 12.6. The van der Waals surface area contributed by atoms with E-state index in [4.69, 9.17) is 14.2 Å². The minimum absolute atomic E-state index is 0.153. The van der Waals surface area contributed by atoms with Crippen molar-refractivity contribution in [2.45, 2.75) is 13.5 Å². The Morgan fingerprint density at radius 1 is 1.22 bits per heavy atom. The van der Waals surface area contributed by atoms with Crippen molar-refractivity contribution in [1.82, 2.24) is 14.9 Å². The van der Waals surface area contributed by atoms with Gasteiger partial charge < -0.3 is 19.5 Å². The number of hydrogen-bond acceptors (Lipinski definition) is 6. The summed E-state index contributed by atoms with van der Waals surface area (Å²) in [6.45, 7) is 2.08. The third kappa shape index (κ3) is 3.20. The van der Waals surface area contributed by atoms with E-state index in [0.29, 0.717) is 41.2 Å². The van der Waals surface area contributed by atoms with Gasteiger partial charge in [-0.15, -0.1) is 0 Å². The lowest BCUT2D eigenvalue weighted by molar-refractivity contribution is -0.118. The molecule has 0 unspecified atom stereocenters. The van der Waals surface area contributed by atoms with Crippen LogP contribution in [0.2, 0.25) is 0 Å². The van der Waals surface area contributed by atoms with Crippen LogP contribution in [0.5, 0.6) is 17.2 Å². The van der Waals surface area contributed by atoms with Crippen molar-refractivity contribution < 1.29 is 19.0 Å². The number of nitrogens with zero attached hydrogens (tertiary/aromatic N) is 2. The fraction of sp³-hybridized carbons (Fsp3) is 0.400. The number of carbonyl (C=O) groups is 1. The Morgan fingerprint density at radius 2 is 1.91 bits per heavy atom. The number of benzene rings is 1. The third-order valence-electron chi connectivity index (χ3n) is 3.35. The van der Waals surface area contributed by atoms with Crippen LogP contribution in [0.1, 0.15) is 6.92 Å². The molecule has 2 rings (SSSR count). The highest BCUT2D eigenvalue weighted by molar-refractivity contribution is 5.89. The molecule has 124 valence electrons. The number of aromatic nitrogens is 2. The number of hydrogen-bond donors (Lipinski definition) is 1. The second-order valence-electron chi connectivity index (χ2n) is 4.77. The molecule has 1 heterocycles. The molecular formula is C15H19N3O5. The summed E-state index contributed by atoms with van der Waals surface area (Å²) >= 11 is 0. The van der Waals surface area contributed by atoms with Crippen molar-refractivity contribution in [3.63, 3.8) is 0 Å². The first-order valence-electron chi connectivity index (χ1n) is 6.96. The SMILES string of the molecule is COc1cc2c(=O)n(CCNC(C)=O)cnc2c(OC)c1OC. The fourth-order valence-corrected chi connectivity index (χ4v) is 2.28. The molecule has 1 amide bonds. The summed E-state index contributed by atoms with van der Waals surface area (Å²) in [6.07, 6.45) is 1.42. The fourth-order valence-electron chi connectivity index (χ4n) is 2.28. The molecule has 0 bridgehead atoms. The van der Waals surface area contributed by atoms with Gasteiger partial charge in [-0.2, -0.15) is 0 Å². The van der Waals surface area contributed by atoms with Gasteiger partial charge in [-0.3, -0.25) is 14.2 Å². The number of rotatable bonds is 6. The predicted molar refractivity (Wildman–Crippen MR) is 84.3 cm³/mol. The molecule has 0 aliphatic heterocycles. The highest BCUT2D eigenvalue weighted by Gasteiger charge is 2.19. The van der Waals surface area contributed by atoms with E-state index in [1.165, 1.54) is 39.1 Å². The summed E-state index contributed by atoms with van der Waals surface area (Å²) in [5, 5.41) is 2.99. The van der Waals surface area contributed by atoms with E-state index in [9.17, 15) is 9.59 Å². The Morgan fingerprint density at radius 3 is 2.48 bits per heavy atom. The number of amides is 1. The molecule has 0 radical (unpaired) electrons. The van der Waals surface area contributed by atoms with Gasteiger partial charge in [-0.1, -0.05) is 0 Å². The summed E-state index contributed by atoms with van der Waals surface area (Å²) < 4.78 is 17.3. The van der Waals surface area contributed by atoms with E-state index < -0.39 is 0 Å². The number of fused-ring (bicyclic) bond motifs is 1. The van der Waals surface area contributed by atoms with Crippen molar-refractivity contribution in [3.05, 3.63) is 22.7 Å². The van der Waals surface area contributed by atoms with Crippen molar-refractivity contribution in [2.24, 2.45) is 0 Å². The first-order chi connectivity index (χ1) is 11.0. The number of carbonyl (C=O) groups excluding carboxylic acids is 1. The topological polar surface area (TPSA) is 91.7 Å². The molecule has 0 saturated carbocycles. The molecule has 8 nitrogen and oxygen atoms in total. The van der Waals surface area contributed by atoms with E-state index in [-0.39, 0.29) is 11.5 Å². The third-order valence-corrected chi connectivity index (χ3v) is 3.35. The number of nitrogens with one attached hydrogen (secondary N) is 1. The molecule has 1 aromatic carbocycles. The Hall–Kier alpha value is -2.77. The monoisotopic (exact) mass is 321 g/mol. The minimum Gasteiger partial charge on any atom is -0.493 e. The Bertz CT molecular complexity index is 785. The van der Waals surface area contributed by atoms with Crippen molar-refractivity contribution >= 4 is 16.8 Å². The Kier molecular flexibility index (Phi) is 5.05. The van der Waals surface area contributed by atoms with Crippen LogP contribution in [-0.4, -0.2) is 43.3 Å². The van der Waals surface area contributed by atoms with Gasteiger partial charge in [0.1, 0.15) is 5.52 Å². The average Bonchev–Trinajstić information content (AvgIpc) is 2.54. The van der Waals surface area contributed by atoms with E-state index in [1.54, 1.807) is 6.07 Å². The smallest absolute Gasteiger partial charge is 0.261 e. The highest BCUT2D eigenvalue weighted by Crippen LogP contribution is 2.41. The van der Waals surface area contributed by atoms with E-state index in [1.807, 2.05) is 0 Å². The van der Waals surface area contributed by atoms with Gasteiger partial charge in [0.15, 0.2) is 11.5 Å². The van der Waals surface area contributed by atoms with Crippen LogP contribution >= 0.6 is 0 Å². The predicted octanol–water partition coefficient (Wildman–Crippen LogP) is 0.558. The summed E-state index contributed by atoms with van der Waals surface area (Å²) in [7, 11) is 4.44. The zero-order valence-corrected chi connectivity index (χ0v) is 13.5. The summed E-state index contributed by atoms with van der Waals surface area (Å²) in [5.74, 6) is 0.952. The van der Waals surface area contributed by atoms with Crippen LogP contribution in [0.15, 0.2) is 17.2 Å². The van der Waals surface area contributed by atoms with Crippen LogP contribution in [0.3, 0.4) is 0 Å². The van der Waals surface area contributed by atoms with Gasteiger partial charge in [0.25, 0.3) is 5.56 Å². The molecule has 23 heavy (non-hydrogen) atoms. The molecule has 2 aromatic rings. The second-order valence-corrected chi connectivity index (χ2v) is 4.77. The average molecular weight is 321 g/mol. The molecule has 0 aliphatic carbocycles. The summed E-state index contributed by atoms with van der Waals surface area (Å²) in [6, 6.07) is 1.57. The van der Waals surface area contributed by atoms with Crippen molar-refractivity contribution in [1.29, 1.82) is 0 Å². The molecule has 0 aliphatic rings. The van der Waals surface area contributed by atoms with E-state index in [2.05, 4.69) is 10.3 Å². The number of methoxy groups -OCH3 is 3. The molecule has 1 N–H and O–H groups in total. The van der Waals surface area contributed by atoms with Crippen LogP contribution in [0.25, 0.3) is 10.9 Å². The van der Waals surface area contributed by atoms with Crippen LogP contribution < -0.4 is 25.1 Å². The van der Waals surface area contributed by atoms with Crippen LogP contribution in [0, 0.1) is 0 Å². The van der Waals surface area contributed by atoms with E-state index in [0.717, 1.165) is 0 Å². The first kappa shape index (κ1) is 16.6. The standard InChI is InChI=1S/C15H19N3O5/c1-9(19)16-5-6-18-8-17-12-10(15(18)20)7-11(21-2)13(22-3)14(12)23-4/h7-8H,5-6H2,1-4H3,(H,16,19). The largest absolute Gasteiger partial charge is 0.493 e. The lowest BCUT2D eigenvalue weighted by Gasteiger charge is -2.14. The maximum atomic E-state index is 12.6. The number of ether oxygens (including phenoxy) is 3. The minimum atomic E-state index is -0.250. The molecule has 0 atom stereocenters. The second kappa shape index (κ2) is 6.99. The van der Waals surface area contributed by atoms with Gasteiger partial charge >= 0.3 is 0 Å². The van der Waals surface area contributed by atoms with Gasteiger partial charge in [-0.25, -0.2) is 4.98 Å². The molecule has 0 saturated heterocycles. The van der Waals surface area contributed by atoms with Crippen LogP contribution in [0.4, 0.5) is 0 Å². The zero-order chi connectivity index (χ0) is 17.0. The zero-order valence-electron chi connectivity index (χ0n) is 13.5. The molecule has 0 fully saturated rings. The van der Waals surface area contributed by atoms with Gasteiger partial charge in [0.2, 0.25) is 11.7 Å².